The number of aliphatic hydroxyl groups excluding tert-OH is 1. The highest BCUT2D eigenvalue weighted by Gasteiger charge is 2.22. The predicted octanol–water partition coefficient (Wildman–Crippen LogP) is 3.12. The van der Waals surface area contributed by atoms with Crippen molar-refractivity contribution in [3.05, 3.63) is 47.2 Å². The summed E-state index contributed by atoms with van der Waals surface area (Å²) in [5.74, 6) is 0.452. The highest BCUT2D eigenvalue weighted by atomic mass is 35.5. The highest BCUT2D eigenvalue weighted by molar-refractivity contribution is 6.30. The Morgan fingerprint density at radius 2 is 1.95 bits per heavy atom. The van der Waals surface area contributed by atoms with Crippen molar-refractivity contribution in [3.8, 4) is 5.69 Å². The number of aromatic nitrogens is 2. The van der Waals surface area contributed by atoms with Crippen LogP contribution in [-0.4, -0.2) is 39.0 Å². The number of halogens is 1. The number of rotatable bonds is 4. The summed E-state index contributed by atoms with van der Waals surface area (Å²) in [5.41, 5.74) is 2.23. The Bertz CT molecular complexity index is 601. The Hall–Kier alpha value is -1.36. The lowest BCUT2D eigenvalue weighted by Gasteiger charge is -2.32. The second kappa shape index (κ2) is 6.82. The van der Waals surface area contributed by atoms with Gasteiger partial charge in [-0.3, -0.25) is 4.90 Å². The van der Waals surface area contributed by atoms with Crippen LogP contribution in [0.1, 0.15) is 25.3 Å². The first-order valence-electron chi connectivity index (χ1n) is 7.82. The number of nitrogens with zero attached hydrogens (tertiary/aromatic N) is 3. The van der Waals surface area contributed by atoms with Gasteiger partial charge in [0.15, 0.2) is 0 Å². The minimum Gasteiger partial charge on any atom is -0.393 e. The Morgan fingerprint density at radius 3 is 2.59 bits per heavy atom. The first-order valence-corrected chi connectivity index (χ1v) is 8.19. The molecule has 0 bridgehead atoms. The third-order valence-electron chi connectivity index (χ3n) is 4.45. The monoisotopic (exact) mass is 319 g/mol. The molecule has 1 saturated heterocycles. The van der Waals surface area contributed by atoms with Gasteiger partial charge in [0.2, 0.25) is 0 Å². The van der Waals surface area contributed by atoms with Gasteiger partial charge < -0.3 is 5.11 Å². The average Bonchev–Trinajstić information content (AvgIpc) is 2.97. The number of benzene rings is 1. The van der Waals surface area contributed by atoms with Crippen molar-refractivity contribution in [3.63, 3.8) is 0 Å². The molecule has 0 aliphatic carbocycles. The molecule has 3 rings (SSSR count). The van der Waals surface area contributed by atoms with Crippen LogP contribution in [0.25, 0.3) is 5.69 Å². The Morgan fingerprint density at radius 1 is 1.27 bits per heavy atom. The predicted molar refractivity (Wildman–Crippen MR) is 88.3 cm³/mol. The van der Waals surface area contributed by atoms with Crippen molar-refractivity contribution in [1.29, 1.82) is 0 Å². The zero-order chi connectivity index (χ0) is 15.5. The molecule has 5 heteroatoms. The van der Waals surface area contributed by atoms with Crippen molar-refractivity contribution >= 4 is 11.6 Å². The smallest absolute Gasteiger partial charge is 0.0646 e. The lowest BCUT2D eigenvalue weighted by molar-refractivity contribution is 0.0695. The van der Waals surface area contributed by atoms with Gasteiger partial charge in [-0.2, -0.15) is 5.10 Å². The third-order valence-corrected chi connectivity index (χ3v) is 4.70. The van der Waals surface area contributed by atoms with Gasteiger partial charge in [0.25, 0.3) is 0 Å². The van der Waals surface area contributed by atoms with Crippen LogP contribution in [0.2, 0.25) is 5.02 Å². The number of aliphatic hydroxyl groups is 1. The second-order valence-electron chi connectivity index (χ2n) is 6.12. The first-order chi connectivity index (χ1) is 10.6. The van der Waals surface area contributed by atoms with Crippen molar-refractivity contribution in [2.24, 2.45) is 5.92 Å². The van der Waals surface area contributed by atoms with Gasteiger partial charge in [-0.05, 0) is 63.0 Å². The number of piperidine rings is 1. The fourth-order valence-corrected chi connectivity index (χ4v) is 3.15. The molecule has 0 saturated carbocycles. The number of hydrogen-bond acceptors (Lipinski definition) is 3. The van der Waals surface area contributed by atoms with Gasteiger partial charge in [0, 0.05) is 23.3 Å². The molecule has 2 heterocycles. The number of likely N-dealkylation sites (tertiary alicyclic amines) is 1. The molecule has 0 spiro atoms. The van der Waals surface area contributed by atoms with Crippen molar-refractivity contribution in [2.45, 2.75) is 32.4 Å². The molecule has 0 amide bonds. The van der Waals surface area contributed by atoms with Gasteiger partial charge in [0.05, 0.1) is 18.0 Å². The highest BCUT2D eigenvalue weighted by Crippen LogP contribution is 2.22. The van der Waals surface area contributed by atoms with E-state index >= 15 is 0 Å². The van der Waals surface area contributed by atoms with E-state index in [4.69, 9.17) is 11.6 Å². The largest absolute Gasteiger partial charge is 0.393 e. The molecule has 1 N–H and O–H groups in total. The van der Waals surface area contributed by atoms with Gasteiger partial charge in [-0.25, -0.2) is 4.68 Å². The van der Waals surface area contributed by atoms with Crippen LogP contribution in [0.5, 0.6) is 0 Å². The first kappa shape index (κ1) is 15.5. The molecule has 2 aromatic rings. The standard InChI is InChI=1S/C17H22ClN3O/c1-13(22)15-6-8-20(9-7-15)11-14-10-19-21(12-14)17-4-2-16(18)3-5-17/h2-5,10,12-13,15,22H,6-9,11H2,1H3. The van der Waals surface area contributed by atoms with Crippen molar-refractivity contribution in [2.75, 3.05) is 13.1 Å². The van der Waals surface area contributed by atoms with Crippen LogP contribution < -0.4 is 0 Å². The minimum atomic E-state index is -0.185. The fourth-order valence-electron chi connectivity index (χ4n) is 3.03. The van der Waals surface area contributed by atoms with E-state index in [9.17, 15) is 5.11 Å². The Kier molecular flexibility index (Phi) is 4.81. The van der Waals surface area contributed by atoms with Gasteiger partial charge in [-0.1, -0.05) is 11.6 Å². The molecule has 22 heavy (non-hydrogen) atoms. The summed E-state index contributed by atoms with van der Waals surface area (Å²) >= 11 is 5.91. The Balaban J connectivity index is 1.59. The Labute approximate surface area is 136 Å². The zero-order valence-electron chi connectivity index (χ0n) is 12.8. The minimum absolute atomic E-state index is 0.185. The third kappa shape index (κ3) is 3.69. The zero-order valence-corrected chi connectivity index (χ0v) is 13.6. The summed E-state index contributed by atoms with van der Waals surface area (Å²) in [6.07, 6.45) is 5.96. The van der Waals surface area contributed by atoms with Crippen LogP contribution in [0, 0.1) is 5.92 Å². The normalized spacial score (nSPS) is 18.5. The van der Waals surface area contributed by atoms with Crippen molar-refractivity contribution in [1.82, 2.24) is 14.7 Å². The van der Waals surface area contributed by atoms with Crippen LogP contribution >= 0.6 is 11.6 Å². The molecule has 1 fully saturated rings. The molecule has 1 atom stereocenters. The molecule has 1 aromatic carbocycles. The van der Waals surface area contributed by atoms with Gasteiger partial charge in [0.1, 0.15) is 0 Å². The van der Waals surface area contributed by atoms with E-state index in [1.165, 1.54) is 5.56 Å². The topological polar surface area (TPSA) is 41.3 Å². The molecule has 1 unspecified atom stereocenters. The van der Waals surface area contributed by atoms with E-state index in [1.54, 1.807) is 0 Å². The summed E-state index contributed by atoms with van der Waals surface area (Å²) < 4.78 is 1.88. The molecule has 118 valence electrons. The lowest BCUT2D eigenvalue weighted by Crippen LogP contribution is -2.36. The van der Waals surface area contributed by atoms with Crippen LogP contribution in [-0.2, 0) is 6.54 Å². The number of hydrogen-bond donors (Lipinski definition) is 1. The summed E-state index contributed by atoms with van der Waals surface area (Å²) in [5, 5.41) is 14.8. The molecule has 4 nitrogen and oxygen atoms in total. The summed E-state index contributed by atoms with van der Waals surface area (Å²) in [4.78, 5) is 2.43. The summed E-state index contributed by atoms with van der Waals surface area (Å²) in [6, 6.07) is 7.68. The molecule has 0 radical (unpaired) electrons. The quantitative estimate of drug-likeness (QED) is 0.941. The maximum Gasteiger partial charge on any atom is 0.0646 e. The maximum absolute atomic E-state index is 9.66. The summed E-state index contributed by atoms with van der Waals surface area (Å²) in [7, 11) is 0. The fraction of sp³-hybridized carbons (Fsp3) is 0.471. The molecule has 1 aliphatic rings. The molecular weight excluding hydrogens is 298 g/mol. The second-order valence-corrected chi connectivity index (χ2v) is 6.56. The molecule has 1 aliphatic heterocycles. The summed E-state index contributed by atoms with van der Waals surface area (Å²) in [6.45, 7) is 4.90. The average molecular weight is 320 g/mol. The van der Waals surface area contributed by atoms with E-state index in [2.05, 4.69) is 16.2 Å². The SMILES string of the molecule is CC(O)C1CCN(Cc2cnn(-c3ccc(Cl)cc3)c2)CC1. The van der Waals surface area contributed by atoms with Crippen LogP contribution in [0.15, 0.2) is 36.7 Å². The van der Waals surface area contributed by atoms with E-state index in [0.717, 1.165) is 43.2 Å². The van der Waals surface area contributed by atoms with Crippen LogP contribution in [0.3, 0.4) is 0 Å². The van der Waals surface area contributed by atoms with E-state index < -0.39 is 0 Å². The van der Waals surface area contributed by atoms with Gasteiger partial charge in [-0.15, -0.1) is 0 Å². The van der Waals surface area contributed by atoms with E-state index in [-0.39, 0.29) is 6.10 Å². The van der Waals surface area contributed by atoms with E-state index in [0.29, 0.717) is 5.92 Å². The maximum atomic E-state index is 9.66. The van der Waals surface area contributed by atoms with E-state index in [1.807, 2.05) is 42.1 Å². The van der Waals surface area contributed by atoms with Crippen molar-refractivity contribution < 1.29 is 5.11 Å². The van der Waals surface area contributed by atoms with Crippen LogP contribution in [0.4, 0.5) is 0 Å². The molecular formula is C17H22ClN3O. The van der Waals surface area contributed by atoms with Gasteiger partial charge >= 0.3 is 0 Å². The molecule has 1 aromatic heterocycles. The lowest BCUT2D eigenvalue weighted by atomic mass is 9.92.